The summed E-state index contributed by atoms with van der Waals surface area (Å²) in [7, 11) is 1.88. The van der Waals surface area contributed by atoms with Crippen LogP contribution in [-0.4, -0.2) is 60.5 Å². The Morgan fingerprint density at radius 1 is 1.15 bits per heavy atom. The van der Waals surface area contributed by atoms with Crippen LogP contribution < -0.4 is 5.32 Å². The van der Waals surface area contributed by atoms with Gasteiger partial charge in [-0.3, -0.25) is 9.89 Å². The number of guanidine groups is 1. The summed E-state index contributed by atoms with van der Waals surface area (Å²) in [6.45, 7) is 10.3. The van der Waals surface area contributed by atoms with Crippen LogP contribution in [0.25, 0.3) is 0 Å². The van der Waals surface area contributed by atoms with Gasteiger partial charge in [0, 0.05) is 57.6 Å². The van der Waals surface area contributed by atoms with Crippen LogP contribution in [0.15, 0.2) is 35.3 Å². The highest BCUT2D eigenvalue weighted by Crippen LogP contribution is 2.17. The first-order chi connectivity index (χ1) is 12.7. The van der Waals surface area contributed by atoms with E-state index in [2.05, 4.69) is 69.3 Å². The third-order valence-electron chi connectivity index (χ3n) is 4.77. The maximum Gasteiger partial charge on any atom is 0.193 e. The second kappa shape index (κ2) is 11.0. The fourth-order valence-electron chi connectivity index (χ4n) is 3.38. The first-order valence-electron chi connectivity index (χ1n) is 9.30. The SMILES string of the molecule is CN=C(NCCc1sc(C)nc1C)N1CCN(Cc2ccccc2)CC1.I. The van der Waals surface area contributed by atoms with Crippen molar-refractivity contribution in [2.75, 3.05) is 39.8 Å². The average Bonchev–Trinajstić information content (AvgIpc) is 2.98. The molecule has 1 saturated heterocycles. The lowest BCUT2D eigenvalue weighted by atomic mass is 10.2. The van der Waals surface area contributed by atoms with Gasteiger partial charge >= 0.3 is 0 Å². The van der Waals surface area contributed by atoms with Crippen molar-refractivity contribution in [2.24, 2.45) is 4.99 Å². The number of thiazole rings is 1. The molecule has 0 radical (unpaired) electrons. The summed E-state index contributed by atoms with van der Waals surface area (Å²) in [6, 6.07) is 10.7. The molecular weight excluding hydrogens is 469 g/mol. The van der Waals surface area contributed by atoms with Crippen LogP contribution in [0.4, 0.5) is 0 Å². The van der Waals surface area contributed by atoms with Crippen molar-refractivity contribution in [2.45, 2.75) is 26.8 Å². The zero-order valence-electron chi connectivity index (χ0n) is 16.4. The third kappa shape index (κ3) is 6.43. The predicted molar refractivity (Wildman–Crippen MR) is 125 cm³/mol. The first kappa shape index (κ1) is 22.1. The molecule has 1 fully saturated rings. The molecule has 0 amide bonds. The zero-order valence-corrected chi connectivity index (χ0v) is 19.6. The number of hydrogen-bond donors (Lipinski definition) is 1. The van der Waals surface area contributed by atoms with E-state index in [0.717, 1.165) is 56.7 Å². The standard InChI is InChI=1S/C20H29N5S.HI/c1-16-19(26-17(2)23-16)9-10-22-20(21-3)25-13-11-24(12-14-25)15-18-7-5-4-6-8-18;/h4-8H,9-15H2,1-3H3,(H,21,22);1H. The number of nitrogens with zero attached hydrogens (tertiary/aromatic N) is 4. The molecule has 3 rings (SSSR count). The maximum atomic E-state index is 4.51. The molecule has 0 saturated carbocycles. The van der Waals surface area contributed by atoms with Crippen molar-refractivity contribution in [1.82, 2.24) is 20.1 Å². The molecule has 1 aliphatic rings. The fraction of sp³-hybridized carbons (Fsp3) is 0.500. The summed E-state index contributed by atoms with van der Waals surface area (Å²) in [6.07, 6.45) is 1.00. The molecule has 2 aromatic rings. The van der Waals surface area contributed by atoms with E-state index < -0.39 is 0 Å². The Bertz CT molecular complexity index is 723. The molecule has 0 aliphatic carbocycles. The van der Waals surface area contributed by atoms with Gasteiger partial charge in [-0.2, -0.15) is 0 Å². The maximum absolute atomic E-state index is 4.51. The molecule has 1 N–H and O–H groups in total. The topological polar surface area (TPSA) is 43.8 Å². The quantitative estimate of drug-likeness (QED) is 0.390. The van der Waals surface area contributed by atoms with Crippen molar-refractivity contribution in [3.63, 3.8) is 0 Å². The summed E-state index contributed by atoms with van der Waals surface area (Å²) in [5.41, 5.74) is 2.55. The molecular formula is C20H30IN5S. The summed E-state index contributed by atoms with van der Waals surface area (Å²) in [5, 5.41) is 4.67. The van der Waals surface area contributed by atoms with Gasteiger partial charge in [-0.1, -0.05) is 30.3 Å². The molecule has 0 bridgehead atoms. The van der Waals surface area contributed by atoms with Gasteiger partial charge in [0.05, 0.1) is 10.7 Å². The molecule has 2 heterocycles. The highest BCUT2D eigenvalue weighted by atomic mass is 127. The van der Waals surface area contributed by atoms with Gasteiger partial charge in [0.2, 0.25) is 0 Å². The number of benzene rings is 1. The lowest BCUT2D eigenvalue weighted by Gasteiger charge is -2.36. The lowest BCUT2D eigenvalue weighted by molar-refractivity contribution is 0.172. The minimum Gasteiger partial charge on any atom is -0.356 e. The largest absolute Gasteiger partial charge is 0.356 e. The zero-order chi connectivity index (χ0) is 18.4. The van der Waals surface area contributed by atoms with Crippen LogP contribution in [0.5, 0.6) is 0 Å². The number of aromatic nitrogens is 1. The van der Waals surface area contributed by atoms with Gasteiger partial charge in [-0.05, 0) is 19.4 Å². The van der Waals surface area contributed by atoms with Gasteiger partial charge in [0.1, 0.15) is 0 Å². The first-order valence-corrected chi connectivity index (χ1v) is 10.1. The van der Waals surface area contributed by atoms with E-state index in [-0.39, 0.29) is 24.0 Å². The van der Waals surface area contributed by atoms with Crippen LogP contribution >= 0.6 is 35.3 Å². The Morgan fingerprint density at radius 2 is 1.85 bits per heavy atom. The highest BCUT2D eigenvalue weighted by Gasteiger charge is 2.19. The second-order valence-electron chi connectivity index (χ2n) is 6.71. The molecule has 0 atom stereocenters. The van der Waals surface area contributed by atoms with E-state index in [1.165, 1.54) is 16.1 Å². The highest BCUT2D eigenvalue weighted by molar-refractivity contribution is 14.0. The average molecular weight is 499 g/mol. The van der Waals surface area contributed by atoms with E-state index in [0.29, 0.717) is 0 Å². The molecule has 1 aromatic carbocycles. The number of piperazine rings is 1. The van der Waals surface area contributed by atoms with Crippen molar-refractivity contribution in [3.8, 4) is 0 Å². The predicted octanol–water partition coefficient (Wildman–Crippen LogP) is 3.31. The van der Waals surface area contributed by atoms with Crippen LogP contribution in [0.2, 0.25) is 0 Å². The Labute approximate surface area is 183 Å². The van der Waals surface area contributed by atoms with Gasteiger partial charge in [0.15, 0.2) is 5.96 Å². The minimum absolute atomic E-state index is 0. The van der Waals surface area contributed by atoms with Crippen molar-refractivity contribution >= 4 is 41.3 Å². The minimum atomic E-state index is 0. The monoisotopic (exact) mass is 499 g/mol. The fourth-order valence-corrected chi connectivity index (χ4v) is 4.32. The van der Waals surface area contributed by atoms with E-state index in [4.69, 9.17) is 0 Å². The molecule has 148 valence electrons. The van der Waals surface area contributed by atoms with E-state index in [1.54, 1.807) is 11.3 Å². The Hall–Kier alpha value is -1.19. The summed E-state index contributed by atoms with van der Waals surface area (Å²) < 4.78 is 0. The van der Waals surface area contributed by atoms with Crippen LogP contribution in [0, 0.1) is 13.8 Å². The number of aryl methyl sites for hydroxylation is 2. The second-order valence-corrected chi connectivity index (χ2v) is 8.00. The van der Waals surface area contributed by atoms with Crippen LogP contribution in [-0.2, 0) is 13.0 Å². The molecule has 0 spiro atoms. The Morgan fingerprint density at radius 3 is 2.44 bits per heavy atom. The molecule has 1 aromatic heterocycles. The van der Waals surface area contributed by atoms with Crippen molar-refractivity contribution < 1.29 is 0 Å². The Balaban J connectivity index is 0.00000261. The summed E-state index contributed by atoms with van der Waals surface area (Å²) in [4.78, 5) is 15.2. The van der Waals surface area contributed by atoms with Gasteiger partial charge < -0.3 is 10.2 Å². The molecule has 27 heavy (non-hydrogen) atoms. The smallest absolute Gasteiger partial charge is 0.193 e. The molecule has 0 unspecified atom stereocenters. The normalized spacial score (nSPS) is 15.5. The number of hydrogen-bond acceptors (Lipinski definition) is 4. The number of nitrogens with one attached hydrogen (secondary N) is 1. The van der Waals surface area contributed by atoms with E-state index in [1.807, 2.05) is 7.05 Å². The van der Waals surface area contributed by atoms with E-state index >= 15 is 0 Å². The number of halogens is 1. The number of aliphatic imine (C=N–C) groups is 1. The van der Waals surface area contributed by atoms with Gasteiger partial charge in [-0.15, -0.1) is 35.3 Å². The van der Waals surface area contributed by atoms with Crippen molar-refractivity contribution in [1.29, 1.82) is 0 Å². The molecule has 5 nitrogen and oxygen atoms in total. The van der Waals surface area contributed by atoms with E-state index in [9.17, 15) is 0 Å². The number of rotatable bonds is 5. The van der Waals surface area contributed by atoms with Crippen LogP contribution in [0.3, 0.4) is 0 Å². The lowest BCUT2D eigenvalue weighted by Crippen LogP contribution is -2.52. The van der Waals surface area contributed by atoms with Gasteiger partial charge in [-0.25, -0.2) is 4.98 Å². The molecule has 7 heteroatoms. The summed E-state index contributed by atoms with van der Waals surface area (Å²) in [5.74, 6) is 1.02. The third-order valence-corrected chi connectivity index (χ3v) is 5.90. The summed E-state index contributed by atoms with van der Waals surface area (Å²) >= 11 is 1.80. The van der Waals surface area contributed by atoms with Gasteiger partial charge in [0.25, 0.3) is 0 Å². The Kier molecular flexibility index (Phi) is 8.98. The van der Waals surface area contributed by atoms with Crippen molar-refractivity contribution in [3.05, 3.63) is 51.5 Å². The van der Waals surface area contributed by atoms with Crippen LogP contribution in [0.1, 0.15) is 21.1 Å². The molecule has 1 aliphatic heterocycles.